The van der Waals surface area contributed by atoms with Crippen molar-refractivity contribution in [2.24, 2.45) is 5.92 Å². The lowest BCUT2D eigenvalue weighted by atomic mass is 9.95. The quantitative estimate of drug-likeness (QED) is 0.910. The number of carbonyl (C=O) groups is 1. The molecule has 1 aliphatic rings. The topological polar surface area (TPSA) is 79.5 Å². The molecule has 0 bridgehead atoms. The smallest absolute Gasteiger partial charge is 0.303 e. The highest BCUT2D eigenvalue weighted by Gasteiger charge is 2.25. The van der Waals surface area contributed by atoms with E-state index in [1.54, 1.807) is 0 Å². The Morgan fingerprint density at radius 3 is 2.80 bits per heavy atom. The van der Waals surface area contributed by atoms with Crippen LogP contribution >= 0.6 is 0 Å². The van der Waals surface area contributed by atoms with Crippen molar-refractivity contribution < 1.29 is 14.3 Å². The van der Waals surface area contributed by atoms with Gasteiger partial charge in [-0.05, 0) is 25.3 Å². The van der Waals surface area contributed by atoms with Crippen LogP contribution in [-0.2, 0) is 16.8 Å². The van der Waals surface area contributed by atoms with Gasteiger partial charge in [0.1, 0.15) is 0 Å². The van der Waals surface area contributed by atoms with Crippen LogP contribution in [0.2, 0.25) is 0 Å². The molecule has 1 unspecified atom stereocenters. The van der Waals surface area contributed by atoms with Crippen molar-refractivity contribution in [3.05, 3.63) is 11.8 Å². The molecule has 0 aromatic carbocycles. The van der Waals surface area contributed by atoms with Gasteiger partial charge in [0, 0.05) is 18.4 Å². The molecule has 1 saturated heterocycles. The number of aliphatic carboxylic acids is 1. The monoisotopic (exact) mass is 281 g/mol. The largest absolute Gasteiger partial charge is 0.481 e. The number of hydrogen-bond donors (Lipinski definition) is 1. The maximum absolute atomic E-state index is 10.8. The molecule has 0 amide bonds. The van der Waals surface area contributed by atoms with Crippen LogP contribution in [0.4, 0.5) is 0 Å². The maximum atomic E-state index is 10.8. The molecule has 1 aliphatic heterocycles. The third-order valence-corrected chi connectivity index (χ3v) is 3.53. The van der Waals surface area contributed by atoms with E-state index < -0.39 is 5.97 Å². The van der Waals surface area contributed by atoms with E-state index in [1.807, 2.05) is 20.8 Å². The second kappa shape index (κ2) is 5.91. The molecule has 0 aliphatic carbocycles. The third kappa shape index (κ3) is 4.03. The van der Waals surface area contributed by atoms with Crippen molar-refractivity contribution >= 4 is 5.97 Å². The van der Waals surface area contributed by atoms with Gasteiger partial charge in [0.2, 0.25) is 11.8 Å². The fourth-order valence-electron chi connectivity index (χ4n) is 2.52. The Balaban J connectivity index is 1.92. The van der Waals surface area contributed by atoms with Gasteiger partial charge in [-0.2, -0.15) is 0 Å². The summed E-state index contributed by atoms with van der Waals surface area (Å²) in [5.41, 5.74) is -0.140. The summed E-state index contributed by atoms with van der Waals surface area (Å²) in [6.07, 6.45) is 2.26. The number of rotatable bonds is 4. The minimum atomic E-state index is -0.718. The fourth-order valence-corrected chi connectivity index (χ4v) is 2.52. The highest BCUT2D eigenvalue weighted by atomic mass is 16.4. The van der Waals surface area contributed by atoms with Crippen molar-refractivity contribution in [1.29, 1.82) is 0 Å². The number of likely N-dealkylation sites (tertiary alicyclic amines) is 1. The summed E-state index contributed by atoms with van der Waals surface area (Å²) >= 11 is 0. The van der Waals surface area contributed by atoms with Gasteiger partial charge in [0.25, 0.3) is 0 Å². The van der Waals surface area contributed by atoms with E-state index in [2.05, 4.69) is 15.1 Å². The number of piperidine rings is 1. The van der Waals surface area contributed by atoms with Gasteiger partial charge in [0.05, 0.1) is 6.54 Å². The standard InChI is InChI=1S/C14H23N3O3/c1-14(2,3)13-16-15-11(20-13)9-17-6-4-5-10(8-17)7-12(18)19/h10H,4-9H2,1-3H3,(H,18,19). The highest BCUT2D eigenvalue weighted by molar-refractivity contribution is 5.67. The van der Waals surface area contributed by atoms with Crippen LogP contribution in [-0.4, -0.2) is 39.3 Å². The Bertz CT molecular complexity index is 464. The Labute approximate surface area is 119 Å². The van der Waals surface area contributed by atoms with Crippen molar-refractivity contribution in [1.82, 2.24) is 15.1 Å². The fraction of sp³-hybridized carbons (Fsp3) is 0.786. The molecule has 1 N–H and O–H groups in total. The minimum absolute atomic E-state index is 0.140. The molecule has 2 rings (SSSR count). The van der Waals surface area contributed by atoms with Crippen LogP contribution in [0.5, 0.6) is 0 Å². The van der Waals surface area contributed by atoms with Crippen LogP contribution in [0.15, 0.2) is 4.42 Å². The molecule has 1 atom stereocenters. The van der Waals surface area contributed by atoms with E-state index >= 15 is 0 Å². The predicted octanol–water partition coefficient (Wildman–Crippen LogP) is 2.05. The van der Waals surface area contributed by atoms with Crippen molar-refractivity contribution in [2.45, 2.75) is 52.0 Å². The molecule has 112 valence electrons. The second-order valence-corrected chi connectivity index (χ2v) is 6.59. The number of hydrogen-bond acceptors (Lipinski definition) is 5. The highest BCUT2D eigenvalue weighted by Crippen LogP contribution is 2.23. The first-order chi connectivity index (χ1) is 9.34. The first-order valence-corrected chi connectivity index (χ1v) is 7.11. The first-order valence-electron chi connectivity index (χ1n) is 7.11. The Hall–Kier alpha value is -1.43. The zero-order valence-corrected chi connectivity index (χ0v) is 12.4. The zero-order valence-electron chi connectivity index (χ0n) is 12.4. The molecule has 6 heteroatoms. The van der Waals surface area contributed by atoms with E-state index in [-0.39, 0.29) is 17.8 Å². The molecular weight excluding hydrogens is 258 g/mol. The molecule has 6 nitrogen and oxygen atoms in total. The normalized spacial score (nSPS) is 21.1. The number of aromatic nitrogens is 2. The summed E-state index contributed by atoms with van der Waals surface area (Å²) in [5.74, 6) is 0.772. The summed E-state index contributed by atoms with van der Waals surface area (Å²) < 4.78 is 5.69. The lowest BCUT2D eigenvalue weighted by Crippen LogP contribution is -2.35. The Morgan fingerprint density at radius 1 is 1.45 bits per heavy atom. The predicted molar refractivity (Wildman–Crippen MR) is 73.3 cm³/mol. The molecule has 20 heavy (non-hydrogen) atoms. The van der Waals surface area contributed by atoms with Crippen LogP contribution in [0.1, 0.15) is 51.8 Å². The van der Waals surface area contributed by atoms with Gasteiger partial charge >= 0.3 is 5.97 Å². The molecule has 0 radical (unpaired) electrons. The van der Waals surface area contributed by atoms with Crippen LogP contribution in [0.25, 0.3) is 0 Å². The first kappa shape index (κ1) is 15.0. The van der Waals surface area contributed by atoms with Crippen LogP contribution in [0, 0.1) is 5.92 Å². The van der Waals surface area contributed by atoms with Crippen molar-refractivity contribution in [3.8, 4) is 0 Å². The average molecular weight is 281 g/mol. The molecule has 0 spiro atoms. The molecular formula is C14H23N3O3. The van der Waals surface area contributed by atoms with Gasteiger partial charge in [0.15, 0.2) is 0 Å². The van der Waals surface area contributed by atoms with E-state index in [9.17, 15) is 4.79 Å². The van der Waals surface area contributed by atoms with E-state index in [1.165, 1.54) is 0 Å². The number of carboxylic acids is 1. The van der Waals surface area contributed by atoms with Crippen LogP contribution in [0.3, 0.4) is 0 Å². The molecule has 1 fully saturated rings. The minimum Gasteiger partial charge on any atom is -0.481 e. The van der Waals surface area contributed by atoms with E-state index in [4.69, 9.17) is 9.52 Å². The Kier molecular flexibility index (Phi) is 4.42. The van der Waals surface area contributed by atoms with Crippen LogP contribution < -0.4 is 0 Å². The summed E-state index contributed by atoms with van der Waals surface area (Å²) in [6.45, 7) is 8.47. The second-order valence-electron chi connectivity index (χ2n) is 6.59. The van der Waals surface area contributed by atoms with Gasteiger partial charge in [-0.25, -0.2) is 0 Å². The summed E-state index contributed by atoms with van der Waals surface area (Å²) in [6, 6.07) is 0. The SMILES string of the molecule is CC(C)(C)c1nnc(CN2CCCC(CC(=O)O)C2)o1. The lowest BCUT2D eigenvalue weighted by molar-refractivity contribution is -0.138. The third-order valence-electron chi connectivity index (χ3n) is 3.53. The van der Waals surface area contributed by atoms with Gasteiger partial charge < -0.3 is 9.52 Å². The van der Waals surface area contributed by atoms with E-state index in [0.717, 1.165) is 25.9 Å². The molecule has 2 heterocycles. The van der Waals surface area contributed by atoms with Gasteiger partial charge in [-0.3, -0.25) is 9.69 Å². The van der Waals surface area contributed by atoms with Crippen molar-refractivity contribution in [3.63, 3.8) is 0 Å². The van der Waals surface area contributed by atoms with Gasteiger partial charge in [-0.1, -0.05) is 20.8 Å². The van der Waals surface area contributed by atoms with E-state index in [0.29, 0.717) is 18.3 Å². The molecule has 0 saturated carbocycles. The Morgan fingerprint density at radius 2 is 2.20 bits per heavy atom. The zero-order chi connectivity index (χ0) is 14.8. The summed E-state index contributed by atoms with van der Waals surface area (Å²) in [5, 5.41) is 17.0. The number of carboxylic acid groups (broad SMARTS) is 1. The van der Waals surface area contributed by atoms with Crippen molar-refractivity contribution in [2.75, 3.05) is 13.1 Å². The molecule has 1 aromatic heterocycles. The average Bonchev–Trinajstić information content (AvgIpc) is 2.76. The number of nitrogens with zero attached hydrogens (tertiary/aromatic N) is 3. The summed E-state index contributed by atoms with van der Waals surface area (Å²) in [7, 11) is 0. The van der Waals surface area contributed by atoms with Gasteiger partial charge in [-0.15, -0.1) is 10.2 Å². The summed E-state index contributed by atoms with van der Waals surface area (Å²) in [4.78, 5) is 13.0. The molecule has 1 aromatic rings. The lowest BCUT2D eigenvalue weighted by Gasteiger charge is -2.30. The maximum Gasteiger partial charge on any atom is 0.303 e.